The predicted molar refractivity (Wildman–Crippen MR) is 71.2 cm³/mol. The van der Waals surface area contributed by atoms with Gasteiger partial charge in [0.2, 0.25) is 0 Å². The number of likely N-dealkylation sites (N-methyl/N-ethyl adjacent to an activating group) is 1. The molecule has 1 aromatic carbocycles. The molecule has 2 atom stereocenters. The Bertz CT molecular complexity index is 451. The molecule has 1 saturated heterocycles. The Balaban J connectivity index is 1.97. The third kappa shape index (κ3) is 1.98. The van der Waals surface area contributed by atoms with Crippen LogP contribution in [0.2, 0.25) is 0 Å². The number of benzene rings is 1. The zero-order valence-corrected chi connectivity index (χ0v) is 11.5. The molecule has 1 unspecified atom stereocenters. The lowest BCUT2D eigenvalue weighted by Gasteiger charge is -2.38. The van der Waals surface area contributed by atoms with Crippen LogP contribution in [0, 0.1) is 0 Å². The second-order valence-corrected chi connectivity index (χ2v) is 6.18. The molecule has 4 heteroatoms. The fraction of sp³-hybridized carbons (Fsp3) is 0.538. The molecule has 1 aromatic rings. The summed E-state index contributed by atoms with van der Waals surface area (Å²) in [6.45, 7) is 2.07. The average molecular weight is 297 g/mol. The maximum atomic E-state index is 6.28. The Kier molecular flexibility index (Phi) is 2.69. The lowest BCUT2D eigenvalue weighted by Crippen LogP contribution is -2.44. The summed E-state index contributed by atoms with van der Waals surface area (Å²) in [5.74, 6) is 0.952. The molecule has 2 aliphatic rings. The van der Waals surface area contributed by atoms with Crippen molar-refractivity contribution < 1.29 is 4.74 Å². The van der Waals surface area contributed by atoms with Crippen molar-refractivity contribution in [2.75, 3.05) is 20.1 Å². The number of likely N-dealkylation sites (tertiary alicyclic amines) is 1. The smallest absolute Gasteiger partial charge is 0.126 e. The highest BCUT2D eigenvalue weighted by Crippen LogP contribution is 2.43. The molecule has 0 aliphatic carbocycles. The van der Waals surface area contributed by atoms with E-state index in [9.17, 15) is 0 Å². The molecule has 0 bridgehead atoms. The molecule has 1 fully saturated rings. The van der Waals surface area contributed by atoms with Crippen LogP contribution in [0.15, 0.2) is 22.7 Å². The van der Waals surface area contributed by atoms with Crippen LogP contribution < -0.4 is 10.5 Å². The van der Waals surface area contributed by atoms with Gasteiger partial charge in [0.25, 0.3) is 0 Å². The van der Waals surface area contributed by atoms with Gasteiger partial charge in [0.05, 0.1) is 0 Å². The Morgan fingerprint density at radius 3 is 3.06 bits per heavy atom. The molecule has 1 spiro atoms. The van der Waals surface area contributed by atoms with E-state index >= 15 is 0 Å². The first-order chi connectivity index (χ1) is 8.08. The zero-order valence-electron chi connectivity index (χ0n) is 9.95. The summed E-state index contributed by atoms with van der Waals surface area (Å²) < 4.78 is 7.30. The fourth-order valence-corrected chi connectivity index (χ4v) is 3.32. The van der Waals surface area contributed by atoms with Crippen LogP contribution >= 0.6 is 15.9 Å². The quantitative estimate of drug-likeness (QED) is 0.798. The average Bonchev–Trinajstić information content (AvgIpc) is 2.58. The first-order valence-electron chi connectivity index (χ1n) is 6.01. The van der Waals surface area contributed by atoms with Gasteiger partial charge in [-0.15, -0.1) is 0 Å². The van der Waals surface area contributed by atoms with Crippen LogP contribution in [0.1, 0.15) is 24.4 Å². The number of rotatable bonds is 0. The Morgan fingerprint density at radius 1 is 1.53 bits per heavy atom. The van der Waals surface area contributed by atoms with E-state index in [1.807, 2.05) is 12.1 Å². The Labute approximate surface area is 110 Å². The summed E-state index contributed by atoms with van der Waals surface area (Å²) >= 11 is 3.49. The molecule has 0 radical (unpaired) electrons. The van der Waals surface area contributed by atoms with Gasteiger partial charge >= 0.3 is 0 Å². The first kappa shape index (κ1) is 11.5. The van der Waals surface area contributed by atoms with Crippen molar-refractivity contribution >= 4 is 15.9 Å². The Hall–Kier alpha value is -0.580. The molecular formula is C13H17BrN2O. The van der Waals surface area contributed by atoms with Crippen LogP contribution in [-0.4, -0.2) is 30.6 Å². The van der Waals surface area contributed by atoms with Crippen molar-refractivity contribution in [2.24, 2.45) is 5.73 Å². The highest BCUT2D eigenvalue weighted by atomic mass is 79.9. The van der Waals surface area contributed by atoms with Crippen LogP contribution in [0.3, 0.4) is 0 Å². The van der Waals surface area contributed by atoms with Crippen molar-refractivity contribution in [3.05, 3.63) is 28.2 Å². The molecule has 0 amide bonds. The van der Waals surface area contributed by atoms with Crippen molar-refractivity contribution in [1.29, 1.82) is 0 Å². The minimum absolute atomic E-state index is 0.0675. The number of hydrogen-bond donors (Lipinski definition) is 1. The number of halogens is 1. The summed E-state index contributed by atoms with van der Waals surface area (Å²) in [5, 5.41) is 0. The van der Waals surface area contributed by atoms with Gasteiger partial charge in [0, 0.05) is 42.0 Å². The highest BCUT2D eigenvalue weighted by molar-refractivity contribution is 9.10. The number of ether oxygens (including phenoxy) is 1. The van der Waals surface area contributed by atoms with E-state index in [0.717, 1.165) is 41.7 Å². The lowest BCUT2D eigenvalue weighted by atomic mass is 9.87. The van der Waals surface area contributed by atoms with E-state index in [4.69, 9.17) is 10.5 Å². The van der Waals surface area contributed by atoms with Crippen molar-refractivity contribution in [2.45, 2.75) is 24.5 Å². The second kappa shape index (κ2) is 3.97. The maximum absolute atomic E-state index is 6.28. The van der Waals surface area contributed by atoms with E-state index in [1.165, 1.54) is 0 Å². The number of hydrogen-bond acceptors (Lipinski definition) is 3. The molecule has 0 aromatic heterocycles. The fourth-order valence-electron chi connectivity index (χ4n) is 2.98. The van der Waals surface area contributed by atoms with Gasteiger partial charge in [-0.25, -0.2) is 0 Å². The Morgan fingerprint density at radius 2 is 2.35 bits per heavy atom. The number of nitrogens with zero attached hydrogens (tertiary/aromatic N) is 1. The summed E-state index contributed by atoms with van der Waals surface area (Å²) in [6.07, 6.45) is 2.00. The van der Waals surface area contributed by atoms with Crippen LogP contribution in [0.4, 0.5) is 0 Å². The van der Waals surface area contributed by atoms with Gasteiger partial charge in [-0.1, -0.05) is 22.0 Å². The van der Waals surface area contributed by atoms with E-state index in [-0.39, 0.29) is 11.6 Å². The van der Waals surface area contributed by atoms with Crippen LogP contribution in [0.25, 0.3) is 0 Å². The largest absolute Gasteiger partial charge is 0.485 e. The van der Waals surface area contributed by atoms with Gasteiger partial charge in [-0.2, -0.15) is 0 Å². The number of nitrogens with two attached hydrogens (primary N) is 1. The maximum Gasteiger partial charge on any atom is 0.126 e. The van der Waals surface area contributed by atoms with Crippen molar-refractivity contribution in [1.82, 2.24) is 4.90 Å². The van der Waals surface area contributed by atoms with Gasteiger partial charge in [-0.05, 0) is 19.2 Å². The summed E-state index contributed by atoms with van der Waals surface area (Å²) in [6, 6.07) is 6.23. The SMILES string of the molecule is CN1CCC2(C[C@H](N)c3ccc(Br)cc3O2)C1. The monoisotopic (exact) mass is 296 g/mol. The van der Waals surface area contributed by atoms with E-state index < -0.39 is 0 Å². The van der Waals surface area contributed by atoms with Gasteiger partial charge in [-0.3, -0.25) is 0 Å². The van der Waals surface area contributed by atoms with E-state index in [0.29, 0.717) is 0 Å². The minimum Gasteiger partial charge on any atom is -0.485 e. The summed E-state index contributed by atoms with van der Waals surface area (Å²) in [4.78, 5) is 2.32. The standard InChI is InChI=1S/C13H17BrN2O/c1-16-5-4-13(8-16)7-11(15)10-3-2-9(14)6-12(10)17-13/h2-3,6,11H,4-5,7-8,15H2,1H3/t11-,13?/m0/s1. The number of fused-ring (bicyclic) bond motifs is 1. The molecular weight excluding hydrogens is 280 g/mol. The van der Waals surface area contributed by atoms with Crippen molar-refractivity contribution in [3.8, 4) is 5.75 Å². The predicted octanol–water partition coefficient (Wildman–Crippen LogP) is 2.31. The third-order valence-electron chi connectivity index (χ3n) is 3.80. The van der Waals surface area contributed by atoms with Crippen LogP contribution in [-0.2, 0) is 0 Å². The molecule has 92 valence electrons. The van der Waals surface area contributed by atoms with Crippen LogP contribution in [0.5, 0.6) is 5.75 Å². The topological polar surface area (TPSA) is 38.5 Å². The summed E-state index contributed by atoms with van der Waals surface area (Å²) in [7, 11) is 2.14. The normalized spacial score (nSPS) is 32.5. The molecule has 17 heavy (non-hydrogen) atoms. The molecule has 3 nitrogen and oxygen atoms in total. The molecule has 3 rings (SSSR count). The van der Waals surface area contributed by atoms with Crippen molar-refractivity contribution in [3.63, 3.8) is 0 Å². The minimum atomic E-state index is -0.0675. The van der Waals surface area contributed by atoms with Gasteiger partial charge in [0.1, 0.15) is 11.4 Å². The zero-order chi connectivity index (χ0) is 12.0. The van der Waals surface area contributed by atoms with Gasteiger partial charge < -0.3 is 15.4 Å². The molecule has 2 heterocycles. The summed E-state index contributed by atoms with van der Waals surface area (Å²) in [5.41, 5.74) is 7.35. The molecule has 2 N–H and O–H groups in total. The highest BCUT2D eigenvalue weighted by Gasteiger charge is 2.44. The lowest BCUT2D eigenvalue weighted by molar-refractivity contribution is 0.0465. The molecule has 0 saturated carbocycles. The van der Waals surface area contributed by atoms with E-state index in [1.54, 1.807) is 0 Å². The first-order valence-corrected chi connectivity index (χ1v) is 6.80. The second-order valence-electron chi connectivity index (χ2n) is 5.27. The van der Waals surface area contributed by atoms with Gasteiger partial charge in [0.15, 0.2) is 0 Å². The third-order valence-corrected chi connectivity index (χ3v) is 4.29. The molecule has 2 aliphatic heterocycles. The van der Waals surface area contributed by atoms with E-state index in [2.05, 4.69) is 33.9 Å².